The summed E-state index contributed by atoms with van der Waals surface area (Å²) in [5.41, 5.74) is 1.93. The fraction of sp³-hybridized carbons (Fsp3) is 0.200. The van der Waals surface area contributed by atoms with Crippen molar-refractivity contribution in [2.45, 2.75) is 32.7 Å². The van der Waals surface area contributed by atoms with E-state index in [2.05, 4.69) is 26.1 Å². The van der Waals surface area contributed by atoms with E-state index in [1.807, 2.05) is 59.3 Å². The van der Waals surface area contributed by atoms with Crippen molar-refractivity contribution in [1.82, 2.24) is 14.3 Å². The molecule has 5 aromatic rings. The molecule has 0 bridgehead atoms. The minimum absolute atomic E-state index is 0.0395. The highest BCUT2D eigenvalue weighted by atomic mass is 16.5. The van der Waals surface area contributed by atoms with E-state index in [9.17, 15) is 15.0 Å². The van der Waals surface area contributed by atoms with Crippen LogP contribution in [-0.2, 0) is 12.0 Å². The quantitative estimate of drug-likeness (QED) is 0.258. The molecule has 3 aromatic carbocycles. The third-order valence-corrected chi connectivity index (χ3v) is 6.41. The number of fused-ring (bicyclic) bond motifs is 1. The first-order valence-corrected chi connectivity index (χ1v) is 12.3. The Kier molecular flexibility index (Phi) is 6.32. The van der Waals surface area contributed by atoms with Crippen molar-refractivity contribution < 1.29 is 19.7 Å². The Hall–Kier alpha value is -4.72. The molecule has 194 valence electrons. The fourth-order valence-electron chi connectivity index (χ4n) is 4.31. The molecular formula is C30H30N4O4. The molecule has 0 aliphatic heterocycles. The molecule has 0 unspecified atom stereocenters. The van der Waals surface area contributed by atoms with Gasteiger partial charge < -0.3 is 20.3 Å². The van der Waals surface area contributed by atoms with Gasteiger partial charge in [-0.3, -0.25) is 9.36 Å². The van der Waals surface area contributed by atoms with Gasteiger partial charge in [-0.05, 0) is 28.5 Å². The average Bonchev–Trinajstić information content (AvgIpc) is 3.48. The van der Waals surface area contributed by atoms with Crippen LogP contribution in [0, 0.1) is 0 Å². The summed E-state index contributed by atoms with van der Waals surface area (Å²) in [6.45, 7) is 6.67. The minimum atomic E-state index is -0.432. The fourth-order valence-corrected chi connectivity index (χ4v) is 4.31. The van der Waals surface area contributed by atoms with Gasteiger partial charge in [0.15, 0.2) is 0 Å². The maximum absolute atomic E-state index is 13.6. The lowest BCUT2D eigenvalue weighted by molar-refractivity contribution is 0.0959. The van der Waals surface area contributed by atoms with E-state index in [0.717, 1.165) is 33.8 Å². The van der Waals surface area contributed by atoms with Gasteiger partial charge in [0.05, 0.1) is 25.0 Å². The number of carbonyl (C=O) groups is 1. The molecule has 0 fully saturated rings. The molecule has 0 spiro atoms. The number of anilines is 2. The van der Waals surface area contributed by atoms with Crippen molar-refractivity contribution in [3.8, 4) is 17.2 Å². The zero-order valence-corrected chi connectivity index (χ0v) is 21.8. The smallest absolute Gasteiger partial charge is 0.267 e. The van der Waals surface area contributed by atoms with Crippen LogP contribution in [0.15, 0.2) is 79.1 Å². The van der Waals surface area contributed by atoms with Crippen LogP contribution in [0.3, 0.4) is 0 Å². The molecular weight excluding hydrogens is 480 g/mol. The lowest BCUT2D eigenvalue weighted by Gasteiger charge is -2.15. The molecule has 0 saturated carbocycles. The van der Waals surface area contributed by atoms with Gasteiger partial charge in [-0.25, -0.2) is 4.68 Å². The zero-order chi connectivity index (χ0) is 27.0. The third kappa shape index (κ3) is 4.93. The van der Waals surface area contributed by atoms with E-state index in [0.29, 0.717) is 12.4 Å². The second-order valence-electron chi connectivity index (χ2n) is 10.3. The number of aromatic hydroxyl groups is 2. The summed E-state index contributed by atoms with van der Waals surface area (Å²) in [6, 6.07) is 19.9. The molecule has 38 heavy (non-hydrogen) atoms. The Morgan fingerprint density at radius 1 is 0.974 bits per heavy atom. The van der Waals surface area contributed by atoms with Gasteiger partial charge in [-0.15, -0.1) is 0 Å². The molecule has 0 aliphatic carbocycles. The summed E-state index contributed by atoms with van der Waals surface area (Å²) >= 11 is 0. The summed E-state index contributed by atoms with van der Waals surface area (Å²) in [6.07, 6.45) is 3.44. The van der Waals surface area contributed by atoms with Gasteiger partial charge in [0.25, 0.3) is 5.91 Å². The van der Waals surface area contributed by atoms with Crippen molar-refractivity contribution in [1.29, 1.82) is 0 Å². The number of nitrogens with zero attached hydrogens (tertiary/aromatic N) is 3. The number of rotatable bonds is 6. The number of hydrogen-bond donors (Lipinski definition) is 3. The van der Waals surface area contributed by atoms with Crippen LogP contribution in [-0.4, -0.2) is 37.6 Å². The predicted octanol–water partition coefficient (Wildman–Crippen LogP) is 6.04. The van der Waals surface area contributed by atoms with E-state index in [-0.39, 0.29) is 28.2 Å². The van der Waals surface area contributed by atoms with E-state index in [1.165, 1.54) is 10.6 Å². The molecule has 8 nitrogen and oxygen atoms in total. The lowest BCUT2D eigenvalue weighted by Crippen LogP contribution is -2.14. The Bertz CT molecular complexity index is 1590. The van der Waals surface area contributed by atoms with Crippen LogP contribution in [0.5, 0.6) is 17.2 Å². The second-order valence-corrected chi connectivity index (χ2v) is 10.3. The average molecular weight is 511 g/mol. The number of methoxy groups -OCH3 is 1. The topological polar surface area (TPSA) is 102 Å². The number of nitrogens with one attached hydrogen (secondary N) is 1. The standard InChI is InChI=1S/C30H30N4O4/c1-30(2,3)26-15-27(34(32-26)16-19-9-11-23(38-4)12-10-19)31-24-13-22(35)14-25(36)28(24)29(37)33-17-20-7-5-6-8-21(20)18-33/h5-15,17-18,31,35-36H,16H2,1-4H3. The molecule has 2 heterocycles. The largest absolute Gasteiger partial charge is 0.508 e. The van der Waals surface area contributed by atoms with Crippen LogP contribution >= 0.6 is 0 Å². The zero-order valence-electron chi connectivity index (χ0n) is 21.8. The first-order chi connectivity index (χ1) is 18.1. The summed E-state index contributed by atoms with van der Waals surface area (Å²) < 4.78 is 8.52. The summed E-state index contributed by atoms with van der Waals surface area (Å²) in [4.78, 5) is 13.6. The first-order valence-electron chi connectivity index (χ1n) is 12.3. The Morgan fingerprint density at radius 2 is 1.63 bits per heavy atom. The molecule has 0 aliphatic rings. The maximum atomic E-state index is 13.6. The number of aromatic nitrogens is 3. The molecule has 5 rings (SSSR count). The highest BCUT2D eigenvalue weighted by Gasteiger charge is 2.24. The summed E-state index contributed by atoms with van der Waals surface area (Å²) in [5, 5.41) is 31.0. The van der Waals surface area contributed by atoms with Crippen LogP contribution < -0.4 is 10.1 Å². The van der Waals surface area contributed by atoms with Gasteiger partial charge in [-0.1, -0.05) is 57.2 Å². The highest BCUT2D eigenvalue weighted by molar-refractivity contribution is 6.06. The molecule has 0 amide bonds. The molecule has 3 N–H and O–H groups in total. The molecule has 2 aromatic heterocycles. The molecule has 0 radical (unpaired) electrons. The van der Waals surface area contributed by atoms with Gasteiger partial charge in [-0.2, -0.15) is 5.10 Å². The van der Waals surface area contributed by atoms with Crippen molar-refractivity contribution in [3.63, 3.8) is 0 Å². The van der Waals surface area contributed by atoms with Crippen molar-refractivity contribution in [3.05, 3.63) is 95.9 Å². The maximum Gasteiger partial charge on any atom is 0.267 e. The van der Waals surface area contributed by atoms with Crippen LogP contribution in [0.25, 0.3) is 10.8 Å². The number of phenolic OH excluding ortho intramolecular Hbond substituents is 2. The normalized spacial score (nSPS) is 11.6. The first kappa shape index (κ1) is 25.0. The van der Waals surface area contributed by atoms with Gasteiger partial charge >= 0.3 is 0 Å². The number of carbonyl (C=O) groups excluding carboxylic acids is 1. The molecule has 0 saturated heterocycles. The Morgan fingerprint density at radius 3 is 2.24 bits per heavy atom. The van der Waals surface area contributed by atoms with E-state index in [1.54, 1.807) is 19.5 Å². The van der Waals surface area contributed by atoms with Crippen LogP contribution in [0.1, 0.15) is 42.4 Å². The highest BCUT2D eigenvalue weighted by Crippen LogP contribution is 2.35. The monoisotopic (exact) mass is 510 g/mol. The van der Waals surface area contributed by atoms with Gasteiger partial charge in [0.1, 0.15) is 28.6 Å². The Labute approximate surface area is 220 Å². The molecule has 0 atom stereocenters. The number of ether oxygens (including phenoxy) is 1. The van der Waals surface area contributed by atoms with Crippen LogP contribution in [0.4, 0.5) is 11.5 Å². The van der Waals surface area contributed by atoms with Crippen molar-refractivity contribution in [2.24, 2.45) is 0 Å². The SMILES string of the molecule is COc1ccc(Cn2nc(C(C)(C)C)cc2Nc2cc(O)cc(O)c2C(=O)n2cc3ccccc3c2)cc1. The van der Waals surface area contributed by atoms with Crippen molar-refractivity contribution >= 4 is 28.2 Å². The second kappa shape index (κ2) is 9.63. The number of benzene rings is 3. The number of hydrogen-bond acceptors (Lipinski definition) is 6. The van der Waals surface area contributed by atoms with Crippen molar-refractivity contribution in [2.75, 3.05) is 12.4 Å². The summed E-state index contributed by atoms with van der Waals surface area (Å²) in [5.74, 6) is 0.448. The van der Waals surface area contributed by atoms with E-state index < -0.39 is 5.91 Å². The third-order valence-electron chi connectivity index (χ3n) is 6.41. The minimum Gasteiger partial charge on any atom is -0.508 e. The lowest BCUT2D eigenvalue weighted by atomic mass is 9.92. The van der Waals surface area contributed by atoms with Crippen LogP contribution in [0.2, 0.25) is 0 Å². The predicted molar refractivity (Wildman–Crippen MR) is 148 cm³/mol. The van der Waals surface area contributed by atoms with Gasteiger partial charge in [0, 0.05) is 36.0 Å². The number of phenols is 2. The summed E-state index contributed by atoms with van der Waals surface area (Å²) in [7, 11) is 1.63. The molecule has 8 heteroatoms. The van der Waals surface area contributed by atoms with E-state index in [4.69, 9.17) is 9.84 Å². The Balaban J connectivity index is 1.56. The van der Waals surface area contributed by atoms with E-state index >= 15 is 0 Å². The van der Waals surface area contributed by atoms with Gasteiger partial charge in [0.2, 0.25) is 0 Å².